The van der Waals surface area contributed by atoms with Gasteiger partial charge in [0.25, 0.3) is 0 Å². The molecule has 0 aliphatic rings. The molecule has 1 unspecified atom stereocenters. The van der Waals surface area contributed by atoms with Crippen LogP contribution in [0.15, 0.2) is 54.6 Å². The Morgan fingerprint density at radius 2 is 1.65 bits per heavy atom. The van der Waals surface area contributed by atoms with Crippen LogP contribution in [0.2, 0.25) is 0 Å². The zero-order chi connectivity index (χ0) is 18.9. The summed E-state index contributed by atoms with van der Waals surface area (Å²) in [4.78, 5) is 0. The number of halogens is 4. The van der Waals surface area contributed by atoms with Gasteiger partial charge in [-0.1, -0.05) is 0 Å². The van der Waals surface area contributed by atoms with E-state index in [1.165, 1.54) is 42.7 Å². The highest BCUT2D eigenvalue weighted by Crippen LogP contribution is 2.33. The molecule has 0 aliphatic heterocycles. The highest BCUT2D eigenvalue weighted by atomic mass is 32.2. The van der Waals surface area contributed by atoms with Crippen LogP contribution in [0.25, 0.3) is 16.9 Å². The van der Waals surface area contributed by atoms with Gasteiger partial charge in [-0.3, -0.25) is 0 Å². The lowest BCUT2D eigenvalue weighted by atomic mass is 10.1. The molecule has 1 aromatic heterocycles. The Bertz CT molecular complexity index is 935. The Labute approximate surface area is 148 Å². The van der Waals surface area contributed by atoms with Crippen LogP contribution >= 0.6 is 0 Å². The highest BCUT2D eigenvalue weighted by molar-refractivity contribution is 7.79. The predicted octanol–water partition coefficient (Wildman–Crippen LogP) is 4.37. The van der Waals surface area contributed by atoms with Crippen molar-refractivity contribution in [3.05, 3.63) is 66.1 Å². The Morgan fingerprint density at radius 1 is 1.04 bits per heavy atom. The summed E-state index contributed by atoms with van der Waals surface area (Å²) in [6.45, 7) is 0. The number of alkyl halides is 3. The lowest BCUT2D eigenvalue weighted by molar-refractivity contribution is -0.141. The van der Waals surface area contributed by atoms with E-state index in [9.17, 15) is 21.8 Å². The molecule has 0 radical (unpaired) electrons. The van der Waals surface area contributed by atoms with Gasteiger partial charge in [0.2, 0.25) is 11.1 Å². The van der Waals surface area contributed by atoms with Gasteiger partial charge in [-0.25, -0.2) is 13.3 Å². The molecule has 9 heteroatoms. The van der Waals surface area contributed by atoms with Crippen LogP contribution in [-0.4, -0.2) is 20.2 Å². The van der Waals surface area contributed by atoms with Crippen LogP contribution in [0, 0.1) is 5.82 Å². The summed E-state index contributed by atoms with van der Waals surface area (Å²) >= 11 is -1.52. The minimum absolute atomic E-state index is 0.157. The van der Waals surface area contributed by atoms with Crippen molar-refractivity contribution in [1.29, 1.82) is 0 Å². The molecule has 1 atom stereocenters. The van der Waals surface area contributed by atoms with Crippen molar-refractivity contribution >= 4 is 11.1 Å². The van der Waals surface area contributed by atoms with Crippen molar-refractivity contribution in [3.8, 4) is 22.7 Å². The molecule has 0 N–H and O–H groups in total. The fourth-order valence-electron chi connectivity index (χ4n) is 2.32. The third kappa shape index (κ3) is 3.93. The molecule has 0 amide bonds. The maximum absolute atomic E-state index is 13.1. The van der Waals surface area contributed by atoms with Crippen LogP contribution in [0.4, 0.5) is 17.6 Å². The first kappa shape index (κ1) is 18.1. The maximum Gasteiger partial charge on any atom is 0.435 e. The molecule has 0 saturated carbocycles. The second-order valence-electron chi connectivity index (χ2n) is 5.31. The summed E-state index contributed by atoms with van der Waals surface area (Å²) in [7, 11) is 0. The monoisotopic (exact) mass is 384 g/mol. The third-order valence-electron chi connectivity index (χ3n) is 3.43. The van der Waals surface area contributed by atoms with Gasteiger partial charge in [0.1, 0.15) is 11.6 Å². The Kier molecular flexibility index (Phi) is 4.82. The van der Waals surface area contributed by atoms with Gasteiger partial charge in [-0.15, -0.1) is 0 Å². The van der Waals surface area contributed by atoms with Crippen molar-refractivity contribution in [2.75, 3.05) is 6.26 Å². The van der Waals surface area contributed by atoms with Gasteiger partial charge in [-0.2, -0.15) is 18.3 Å². The van der Waals surface area contributed by atoms with Crippen molar-refractivity contribution in [3.63, 3.8) is 0 Å². The van der Waals surface area contributed by atoms with E-state index in [4.69, 9.17) is 4.18 Å². The van der Waals surface area contributed by atoms with E-state index in [0.29, 0.717) is 17.0 Å². The minimum atomic E-state index is -4.62. The van der Waals surface area contributed by atoms with Gasteiger partial charge < -0.3 is 4.18 Å². The lowest BCUT2D eigenvalue weighted by Gasteiger charge is -2.09. The fourth-order valence-corrected chi connectivity index (χ4v) is 2.70. The quantitative estimate of drug-likeness (QED) is 0.628. The molecule has 26 heavy (non-hydrogen) atoms. The summed E-state index contributed by atoms with van der Waals surface area (Å²) in [5.41, 5.74) is -0.185. The first-order chi connectivity index (χ1) is 12.2. The van der Waals surface area contributed by atoms with Crippen molar-refractivity contribution in [1.82, 2.24) is 9.78 Å². The van der Waals surface area contributed by atoms with E-state index in [2.05, 4.69) is 5.10 Å². The van der Waals surface area contributed by atoms with Crippen molar-refractivity contribution in [2.24, 2.45) is 0 Å². The molecule has 3 rings (SSSR count). The first-order valence-corrected chi connectivity index (χ1v) is 8.78. The van der Waals surface area contributed by atoms with Gasteiger partial charge >= 0.3 is 6.18 Å². The molecular formula is C17H12F4N2O2S. The lowest BCUT2D eigenvalue weighted by Crippen LogP contribution is -2.07. The van der Waals surface area contributed by atoms with Crippen LogP contribution in [0.1, 0.15) is 5.69 Å². The second-order valence-corrected chi connectivity index (χ2v) is 6.28. The summed E-state index contributed by atoms with van der Waals surface area (Å²) in [5, 5.41) is 3.64. The standard InChI is InChI=1S/C17H12F4N2O2S/c1-26(24)25-14-8-6-13(7-9-14)23-15(10-16(22-23)17(19,20)21)11-2-4-12(18)5-3-11/h2-10H,1H3. The summed E-state index contributed by atoms with van der Waals surface area (Å²) in [6.07, 6.45) is -3.27. The number of hydrogen-bond acceptors (Lipinski definition) is 3. The molecule has 0 saturated heterocycles. The third-order valence-corrected chi connectivity index (χ3v) is 3.86. The van der Waals surface area contributed by atoms with Crippen LogP contribution in [-0.2, 0) is 17.3 Å². The second kappa shape index (κ2) is 6.91. The SMILES string of the molecule is CS(=O)Oc1ccc(-n2nc(C(F)(F)F)cc2-c2ccc(F)cc2)cc1. The van der Waals surface area contributed by atoms with Crippen LogP contribution in [0.5, 0.6) is 5.75 Å². The highest BCUT2D eigenvalue weighted by Gasteiger charge is 2.35. The molecule has 2 aromatic carbocycles. The van der Waals surface area contributed by atoms with Gasteiger partial charge in [0.15, 0.2) is 5.69 Å². The smallest absolute Gasteiger partial charge is 0.401 e. The molecule has 0 fully saturated rings. The molecule has 0 aliphatic carbocycles. The van der Waals surface area contributed by atoms with Crippen molar-refractivity contribution in [2.45, 2.75) is 6.18 Å². The number of nitrogens with zero attached hydrogens (tertiary/aromatic N) is 2. The minimum Gasteiger partial charge on any atom is -0.401 e. The summed E-state index contributed by atoms with van der Waals surface area (Å²) < 4.78 is 69.6. The Hall–Kier alpha value is -2.68. The molecule has 0 bridgehead atoms. The largest absolute Gasteiger partial charge is 0.435 e. The summed E-state index contributed by atoms with van der Waals surface area (Å²) in [5.74, 6) is -0.189. The zero-order valence-electron chi connectivity index (χ0n) is 13.3. The maximum atomic E-state index is 13.1. The number of aromatic nitrogens is 2. The van der Waals surface area contributed by atoms with Crippen LogP contribution in [0.3, 0.4) is 0 Å². The van der Waals surface area contributed by atoms with E-state index >= 15 is 0 Å². The Morgan fingerprint density at radius 3 is 2.19 bits per heavy atom. The van der Waals surface area contributed by atoms with Gasteiger partial charge in [0.05, 0.1) is 11.4 Å². The average molecular weight is 384 g/mol. The van der Waals surface area contributed by atoms with Gasteiger partial charge in [0, 0.05) is 11.8 Å². The normalized spacial score (nSPS) is 12.8. The number of hydrogen-bond donors (Lipinski definition) is 0. The molecule has 1 heterocycles. The van der Waals surface area contributed by atoms with E-state index in [1.54, 1.807) is 0 Å². The Balaban J connectivity index is 2.08. The van der Waals surface area contributed by atoms with Crippen LogP contribution < -0.4 is 4.18 Å². The van der Waals surface area contributed by atoms with E-state index < -0.39 is 28.8 Å². The number of rotatable bonds is 4. The zero-order valence-corrected chi connectivity index (χ0v) is 14.1. The van der Waals surface area contributed by atoms with E-state index in [1.807, 2.05) is 0 Å². The topological polar surface area (TPSA) is 44.1 Å². The molecule has 4 nitrogen and oxygen atoms in total. The van der Waals surface area contributed by atoms with Gasteiger partial charge in [-0.05, 0) is 54.6 Å². The van der Waals surface area contributed by atoms with E-state index in [-0.39, 0.29) is 5.69 Å². The van der Waals surface area contributed by atoms with Crippen molar-refractivity contribution < 1.29 is 26.0 Å². The molecule has 136 valence electrons. The fraction of sp³-hybridized carbons (Fsp3) is 0.118. The summed E-state index contributed by atoms with van der Waals surface area (Å²) in [6, 6.07) is 11.9. The molecule has 3 aromatic rings. The average Bonchev–Trinajstić information content (AvgIpc) is 3.01. The predicted molar refractivity (Wildman–Crippen MR) is 88.7 cm³/mol. The first-order valence-electron chi connectivity index (χ1n) is 7.29. The number of benzene rings is 2. The van der Waals surface area contributed by atoms with E-state index in [0.717, 1.165) is 22.9 Å². The molecular weight excluding hydrogens is 372 g/mol. The molecule has 0 spiro atoms.